The molecule has 138 valence electrons. The number of rotatable bonds is 4. The molecule has 0 unspecified atom stereocenters. The van der Waals surface area contributed by atoms with E-state index in [1.807, 2.05) is 30.3 Å². The van der Waals surface area contributed by atoms with Gasteiger partial charge in [0.25, 0.3) is 0 Å². The van der Waals surface area contributed by atoms with E-state index in [0.29, 0.717) is 17.9 Å². The van der Waals surface area contributed by atoms with E-state index in [0.717, 1.165) is 30.2 Å². The van der Waals surface area contributed by atoms with E-state index in [4.69, 9.17) is 9.97 Å². The fraction of sp³-hybridized carbons (Fsp3) is 0.304. The number of fused-ring (bicyclic) bond motifs is 1. The van der Waals surface area contributed by atoms with Gasteiger partial charge in [0.05, 0.1) is 5.69 Å². The Labute approximate surface area is 161 Å². The van der Waals surface area contributed by atoms with Gasteiger partial charge in [-0.25, -0.2) is 4.98 Å². The van der Waals surface area contributed by atoms with Gasteiger partial charge in [-0.3, -0.25) is 0 Å². The lowest BCUT2D eigenvalue weighted by Gasteiger charge is -2.36. The molecule has 0 spiro atoms. The second-order valence-electron chi connectivity index (χ2n) is 7.57. The van der Waals surface area contributed by atoms with Gasteiger partial charge in [-0.05, 0) is 42.5 Å². The average molecular weight is 358 g/mol. The predicted molar refractivity (Wildman–Crippen MR) is 112 cm³/mol. The van der Waals surface area contributed by atoms with Crippen LogP contribution in [0.5, 0.6) is 0 Å². The fourth-order valence-corrected chi connectivity index (χ4v) is 3.59. The number of nitrogens with one attached hydrogen (secondary N) is 1. The van der Waals surface area contributed by atoms with Gasteiger partial charge >= 0.3 is 0 Å². The van der Waals surface area contributed by atoms with Crippen molar-refractivity contribution >= 4 is 17.5 Å². The van der Waals surface area contributed by atoms with Crippen LogP contribution in [0.3, 0.4) is 0 Å². The Morgan fingerprint density at radius 3 is 2.41 bits per heavy atom. The number of hydrogen-bond acceptors (Lipinski definition) is 4. The first-order chi connectivity index (χ1) is 13.1. The Bertz CT molecular complexity index is 921. The van der Waals surface area contributed by atoms with Crippen molar-refractivity contribution in [3.05, 3.63) is 77.5 Å². The zero-order valence-corrected chi connectivity index (χ0v) is 16.2. The van der Waals surface area contributed by atoms with Crippen molar-refractivity contribution in [1.29, 1.82) is 0 Å². The highest BCUT2D eigenvalue weighted by molar-refractivity contribution is 5.56. The van der Waals surface area contributed by atoms with Crippen molar-refractivity contribution in [3.63, 3.8) is 0 Å². The van der Waals surface area contributed by atoms with Gasteiger partial charge in [0, 0.05) is 24.3 Å². The van der Waals surface area contributed by atoms with Crippen molar-refractivity contribution in [2.24, 2.45) is 0 Å². The Balaban J connectivity index is 1.69. The van der Waals surface area contributed by atoms with Crippen molar-refractivity contribution in [2.75, 3.05) is 10.2 Å². The molecule has 0 aliphatic carbocycles. The Kier molecular flexibility index (Phi) is 4.80. The number of benzene rings is 2. The number of para-hydroxylation sites is 1. The highest BCUT2D eigenvalue weighted by atomic mass is 15.2. The van der Waals surface area contributed by atoms with Crippen molar-refractivity contribution in [3.8, 4) is 0 Å². The summed E-state index contributed by atoms with van der Waals surface area (Å²) in [5.41, 5.74) is 4.89. The minimum absolute atomic E-state index is 0.343. The first kappa shape index (κ1) is 17.5. The molecule has 4 rings (SSSR count). The Hall–Kier alpha value is -2.88. The highest BCUT2D eigenvalue weighted by Crippen LogP contribution is 2.30. The minimum Gasteiger partial charge on any atom is -0.349 e. The van der Waals surface area contributed by atoms with Gasteiger partial charge < -0.3 is 10.2 Å². The lowest BCUT2D eigenvalue weighted by molar-refractivity contribution is 0.585. The monoisotopic (exact) mass is 358 g/mol. The standard InChI is InChI=1S/C23H26N4/c1-16(2)21-14-22(26-23(25-21)24-20-11-5-4-6-12-20)27-15-19-10-8-7-9-18(19)13-17(27)3/h4-12,14,16-17H,13,15H2,1-3H3,(H,24,25,26)/t17-/m0/s1. The van der Waals surface area contributed by atoms with Crippen LogP contribution in [0.1, 0.15) is 43.5 Å². The van der Waals surface area contributed by atoms with Crippen LogP contribution in [-0.2, 0) is 13.0 Å². The zero-order chi connectivity index (χ0) is 18.8. The van der Waals surface area contributed by atoms with E-state index < -0.39 is 0 Å². The smallest absolute Gasteiger partial charge is 0.229 e. The highest BCUT2D eigenvalue weighted by Gasteiger charge is 2.25. The molecule has 1 aliphatic heterocycles. The van der Waals surface area contributed by atoms with Crippen molar-refractivity contribution in [2.45, 2.75) is 45.7 Å². The minimum atomic E-state index is 0.343. The number of nitrogens with zero attached hydrogens (tertiary/aromatic N) is 3. The Morgan fingerprint density at radius 2 is 1.67 bits per heavy atom. The second-order valence-corrected chi connectivity index (χ2v) is 7.57. The van der Waals surface area contributed by atoms with E-state index in [1.54, 1.807) is 0 Å². The molecular weight excluding hydrogens is 332 g/mol. The van der Waals surface area contributed by atoms with Crippen molar-refractivity contribution in [1.82, 2.24) is 9.97 Å². The van der Waals surface area contributed by atoms with Crippen LogP contribution >= 0.6 is 0 Å². The molecule has 0 amide bonds. The largest absolute Gasteiger partial charge is 0.349 e. The van der Waals surface area contributed by atoms with Gasteiger partial charge in [-0.1, -0.05) is 56.3 Å². The van der Waals surface area contributed by atoms with E-state index in [2.05, 4.69) is 61.3 Å². The lowest BCUT2D eigenvalue weighted by atomic mass is 9.95. The molecule has 0 saturated carbocycles. The quantitative estimate of drug-likeness (QED) is 0.687. The molecule has 4 nitrogen and oxygen atoms in total. The molecule has 1 N–H and O–H groups in total. The summed E-state index contributed by atoms with van der Waals surface area (Å²) in [5.74, 6) is 2.00. The van der Waals surface area contributed by atoms with E-state index >= 15 is 0 Å². The molecule has 1 aromatic heterocycles. The van der Waals surface area contributed by atoms with Crippen LogP contribution in [0.15, 0.2) is 60.7 Å². The topological polar surface area (TPSA) is 41.1 Å². The number of aromatic nitrogens is 2. The zero-order valence-electron chi connectivity index (χ0n) is 16.2. The molecule has 1 aliphatic rings. The van der Waals surface area contributed by atoms with Crippen LogP contribution in [0.25, 0.3) is 0 Å². The molecule has 0 bridgehead atoms. The molecule has 0 radical (unpaired) electrons. The normalized spacial score (nSPS) is 16.3. The van der Waals surface area contributed by atoms with Gasteiger partial charge in [0.2, 0.25) is 5.95 Å². The van der Waals surface area contributed by atoms with Gasteiger partial charge in [-0.15, -0.1) is 0 Å². The molecule has 0 fully saturated rings. The van der Waals surface area contributed by atoms with Gasteiger partial charge in [0.1, 0.15) is 5.82 Å². The van der Waals surface area contributed by atoms with Crippen LogP contribution in [-0.4, -0.2) is 16.0 Å². The summed E-state index contributed by atoms with van der Waals surface area (Å²) in [6.07, 6.45) is 1.04. The number of hydrogen-bond donors (Lipinski definition) is 1. The third kappa shape index (κ3) is 3.80. The van der Waals surface area contributed by atoms with Crippen LogP contribution in [0.4, 0.5) is 17.5 Å². The van der Waals surface area contributed by atoms with Gasteiger partial charge in [-0.2, -0.15) is 4.98 Å². The van der Waals surface area contributed by atoms with Crippen LogP contribution in [0, 0.1) is 0 Å². The summed E-state index contributed by atoms with van der Waals surface area (Å²) >= 11 is 0. The SMILES string of the molecule is CC(C)c1cc(N2Cc3ccccc3C[C@@H]2C)nc(Nc2ccccc2)n1. The van der Waals surface area contributed by atoms with Gasteiger partial charge in [0.15, 0.2) is 0 Å². The van der Waals surface area contributed by atoms with E-state index in [9.17, 15) is 0 Å². The molecule has 27 heavy (non-hydrogen) atoms. The first-order valence-corrected chi connectivity index (χ1v) is 9.64. The third-order valence-corrected chi connectivity index (χ3v) is 5.15. The second kappa shape index (κ2) is 7.39. The molecule has 2 heterocycles. The molecule has 2 aromatic carbocycles. The molecule has 0 saturated heterocycles. The third-order valence-electron chi connectivity index (χ3n) is 5.15. The van der Waals surface area contributed by atoms with E-state index in [-0.39, 0.29) is 0 Å². The Morgan fingerprint density at radius 1 is 0.963 bits per heavy atom. The first-order valence-electron chi connectivity index (χ1n) is 9.64. The van der Waals surface area contributed by atoms with Crippen LogP contribution in [0.2, 0.25) is 0 Å². The summed E-state index contributed by atoms with van der Waals surface area (Å²) in [6, 6.07) is 21.4. The predicted octanol–water partition coefficient (Wildman–Crippen LogP) is 5.29. The summed E-state index contributed by atoms with van der Waals surface area (Å²) in [7, 11) is 0. The number of anilines is 3. The lowest BCUT2D eigenvalue weighted by Crippen LogP contribution is -2.39. The molecular formula is C23H26N4. The maximum absolute atomic E-state index is 4.86. The maximum Gasteiger partial charge on any atom is 0.229 e. The summed E-state index contributed by atoms with van der Waals surface area (Å²) < 4.78 is 0. The summed E-state index contributed by atoms with van der Waals surface area (Å²) in [4.78, 5) is 12.0. The molecule has 3 aromatic rings. The summed E-state index contributed by atoms with van der Waals surface area (Å²) in [6.45, 7) is 7.51. The summed E-state index contributed by atoms with van der Waals surface area (Å²) in [5, 5.41) is 3.36. The maximum atomic E-state index is 4.86. The average Bonchev–Trinajstić information content (AvgIpc) is 2.68. The van der Waals surface area contributed by atoms with Crippen LogP contribution < -0.4 is 10.2 Å². The van der Waals surface area contributed by atoms with Crippen molar-refractivity contribution < 1.29 is 0 Å². The fourth-order valence-electron chi connectivity index (χ4n) is 3.59. The van der Waals surface area contributed by atoms with E-state index in [1.165, 1.54) is 11.1 Å². The molecule has 1 atom stereocenters. The molecule has 4 heteroatoms.